The topological polar surface area (TPSA) is 76.7 Å². The van der Waals surface area contributed by atoms with E-state index in [0.717, 1.165) is 0 Å². The Balaban J connectivity index is 1.86. The van der Waals surface area contributed by atoms with Crippen LogP contribution in [0.5, 0.6) is 11.5 Å². The summed E-state index contributed by atoms with van der Waals surface area (Å²) in [4.78, 5) is 23.7. The second-order valence-electron chi connectivity index (χ2n) is 4.63. The average Bonchev–Trinajstić information content (AvgIpc) is 3.09. The van der Waals surface area contributed by atoms with Gasteiger partial charge in [-0.25, -0.2) is 0 Å². The Hall–Kier alpha value is -2.54. The Labute approximate surface area is 138 Å². The first-order chi connectivity index (χ1) is 11.1. The van der Waals surface area contributed by atoms with Gasteiger partial charge in [0.25, 0.3) is 5.91 Å². The predicted octanol–water partition coefficient (Wildman–Crippen LogP) is 2.52. The summed E-state index contributed by atoms with van der Waals surface area (Å²) < 4.78 is 10.3. The van der Waals surface area contributed by atoms with Crippen LogP contribution in [0.15, 0.2) is 35.0 Å². The molecule has 0 bridgehead atoms. The average molecular weight is 334 g/mol. The summed E-state index contributed by atoms with van der Waals surface area (Å²) in [7, 11) is 3.08. The van der Waals surface area contributed by atoms with Gasteiger partial charge in [-0.1, -0.05) is 0 Å². The van der Waals surface area contributed by atoms with Gasteiger partial charge in [0.1, 0.15) is 11.5 Å². The molecular formula is C16H18N2O4S. The van der Waals surface area contributed by atoms with Crippen LogP contribution in [0.25, 0.3) is 0 Å². The van der Waals surface area contributed by atoms with E-state index < -0.39 is 0 Å². The molecule has 7 heteroatoms. The quantitative estimate of drug-likeness (QED) is 0.816. The molecule has 122 valence electrons. The van der Waals surface area contributed by atoms with Gasteiger partial charge in [-0.15, -0.1) is 0 Å². The first-order valence-electron chi connectivity index (χ1n) is 6.96. The number of carbonyl (C=O) groups excluding carboxylic acids is 2. The van der Waals surface area contributed by atoms with Crippen molar-refractivity contribution >= 4 is 28.8 Å². The molecule has 0 radical (unpaired) electrons. The summed E-state index contributed by atoms with van der Waals surface area (Å²) in [6, 6.07) is 6.88. The van der Waals surface area contributed by atoms with Crippen molar-refractivity contribution in [3.8, 4) is 11.5 Å². The van der Waals surface area contributed by atoms with Crippen LogP contribution < -0.4 is 20.1 Å². The Morgan fingerprint density at radius 1 is 1.17 bits per heavy atom. The van der Waals surface area contributed by atoms with E-state index in [0.29, 0.717) is 22.7 Å². The summed E-state index contributed by atoms with van der Waals surface area (Å²) in [6.45, 7) is 0.257. The zero-order valence-electron chi connectivity index (χ0n) is 12.9. The van der Waals surface area contributed by atoms with Crippen molar-refractivity contribution < 1.29 is 19.1 Å². The van der Waals surface area contributed by atoms with Gasteiger partial charge in [-0.2, -0.15) is 11.3 Å². The van der Waals surface area contributed by atoms with E-state index in [1.54, 1.807) is 36.8 Å². The molecule has 2 amide bonds. The number of anilines is 1. The minimum absolute atomic E-state index is 0.163. The number of benzene rings is 1. The van der Waals surface area contributed by atoms with Crippen molar-refractivity contribution in [2.75, 3.05) is 26.1 Å². The van der Waals surface area contributed by atoms with E-state index in [-0.39, 0.29) is 24.8 Å². The van der Waals surface area contributed by atoms with Gasteiger partial charge in [0, 0.05) is 30.0 Å². The third-order valence-electron chi connectivity index (χ3n) is 3.10. The van der Waals surface area contributed by atoms with Crippen molar-refractivity contribution in [2.24, 2.45) is 0 Å². The third-order valence-corrected chi connectivity index (χ3v) is 3.78. The molecule has 1 heterocycles. The molecule has 1 aromatic heterocycles. The molecule has 0 aliphatic carbocycles. The van der Waals surface area contributed by atoms with Crippen molar-refractivity contribution in [1.29, 1.82) is 0 Å². The molecule has 23 heavy (non-hydrogen) atoms. The van der Waals surface area contributed by atoms with E-state index in [2.05, 4.69) is 10.6 Å². The van der Waals surface area contributed by atoms with Crippen LogP contribution in [0, 0.1) is 0 Å². The molecule has 0 spiro atoms. The molecule has 0 unspecified atom stereocenters. The van der Waals surface area contributed by atoms with Crippen molar-refractivity contribution in [2.45, 2.75) is 6.42 Å². The zero-order chi connectivity index (χ0) is 16.7. The summed E-state index contributed by atoms with van der Waals surface area (Å²) in [5.74, 6) is 0.758. The summed E-state index contributed by atoms with van der Waals surface area (Å²) in [6.07, 6.45) is 0.163. The maximum Gasteiger partial charge on any atom is 0.252 e. The van der Waals surface area contributed by atoms with Gasteiger partial charge in [0.2, 0.25) is 5.91 Å². The highest BCUT2D eigenvalue weighted by Crippen LogP contribution is 2.28. The highest BCUT2D eigenvalue weighted by atomic mass is 32.1. The predicted molar refractivity (Wildman–Crippen MR) is 89.4 cm³/mol. The highest BCUT2D eigenvalue weighted by molar-refractivity contribution is 7.08. The standard InChI is InChI=1S/C16H18N2O4S/c1-21-12-3-4-14(22-2)13(9-12)18-15(19)5-7-17-16(20)11-6-8-23-10-11/h3-4,6,8-10H,5,7H2,1-2H3,(H,17,20)(H,18,19). The Kier molecular flexibility index (Phi) is 5.99. The van der Waals surface area contributed by atoms with Crippen molar-refractivity contribution in [3.63, 3.8) is 0 Å². The molecule has 0 atom stereocenters. The van der Waals surface area contributed by atoms with Crippen LogP contribution in [-0.2, 0) is 4.79 Å². The van der Waals surface area contributed by atoms with E-state index in [9.17, 15) is 9.59 Å². The minimum atomic E-state index is -0.220. The largest absolute Gasteiger partial charge is 0.497 e. The molecular weight excluding hydrogens is 316 g/mol. The fourth-order valence-electron chi connectivity index (χ4n) is 1.91. The van der Waals surface area contributed by atoms with E-state index in [1.165, 1.54) is 18.4 Å². The van der Waals surface area contributed by atoms with Gasteiger partial charge in [-0.05, 0) is 23.6 Å². The SMILES string of the molecule is COc1ccc(OC)c(NC(=O)CCNC(=O)c2ccsc2)c1. The molecule has 2 aromatic rings. The summed E-state index contributed by atoms with van der Waals surface area (Å²) in [5, 5.41) is 9.05. The second-order valence-corrected chi connectivity index (χ2v) is 5.41. The molecule has 0 saturated heterocycles. The fourth-order valence-corrected chi connectivity index (χ4v) is 2.55. The van der Waals surface area contributed by atoms with Crippen LogP contribution in [0.4, 0.5) is 5.69 Å². The molecule has 1 aromatic carbocycles. The lowest BCUT2D eigenvalue weighted by Gasteiger charge is -2.12. The van der Waals surface area contributed by atoms with Crippen molar-refractivity contribution in [1.82, 2.24) is 5.32 Å². The van der Waals surface area contributed by atoms with Gasteiger partial charge >= 0.3 is 0 Å². The number of carbonyl (C=O) groups is 2. The highest BCUT2D eigenvalue weighted by Gasteiger charge is 2.10. The Morgan fingerprint density at radius 3 is 2.65 bits per heavy atom. The van der Waals surface area contributed by atoms with Gasteiger partial charge in [0.15, 0.2) is 0 Å². The maximum absolute atomic E-state index is 12.0. The first kappa shape index (κ1) is 16.8. The number of rotatable bonds is 7. The molecule has 0 saturated carbocycles. The molecule has 0 fully saturated rings. The number of ether oxygens (including phenoxy) is 2. The van der Waals surface area contributed by atoms with E-state index in [1.807, 2.05) is 5.38 Å². The van der Waals surface area contributed by atoms with Gasteiger partial charge < -0.3 is 20.1 Å². The van der Waals surface area contributed by atoms with Crippen molar-refractivity contribution in [3.05, 3.63) is 40.6 Å². The van der Waals surface area contributed by atoms with Gasteiger partial charge in [0.05, 0.1) is 19.9 Å². The maximum atomic E-state index is 12.0. The molecule has 2 N–H and O–H groups in total. The lowest BCUT2D eigenvalue weighted by molar-refractivity contribution is -0.116. The molecule has 6 nitrogen and oxygen atoms in total. The smallest absolute Gasteiger partial charge is 0.252 e. The van der Waals surface area contributed by atoms with Crippen LogP contribution in [-0.4, -0.2) is 32.6 Å². The summed E-state index contributed by atoms with van der Waals surface area (Å²) in [5.41, 5.74) is 1.13. The fraction of sp³-hybridized carbons (Fsp3) is 0.250. The zero-order valence-corrected chi connectivity index (χ0v) is 13.7. The summed E-state index contributed by atoms with van der Waals surface area (Å²) >= 11 is 1.45. The normalized spacial score (nSPS) is 10.0. The number of hydrogen-bond donors (Lipinski definition) is 2. The number of amides is 2. The Bertz CT molecular complexity index is 671. The van der Waals surface area contributed by atoms with Crippen LogP contribution >= 0.6 is 11.3 Å². The molecule has 0 aliphatic rings. The number of methoxy groups -OCH3 is 2. The third kappa shape index (κ3) is 4.72. The van der Waals surface area contributed by atoms with E-state index >= 15 is 0 Å². The second kappa shape index (κ2) is 8.19. The Morgan fingerprint density at radius 2 is 2.00 bits per heavy atom. The minimum Gasteiger partial charge on any atom is -0.497 e. The number of nitrogens with one attached hydrogen (secondary N) is 2. The molecule has 2 rings (SSSR count). The van der Waals surface area contributed by atoms with Crippen LogP contribution in [0.1, 0.15) is 16.8 Å². The lowest BCUT2D eigenvalue weighted by atomic mass is 10.2. The first-order valence-corrected chi connectivity index (χ1v) is 7.90. The van der Waals surface area contributed by atoms with Crippen LogP contribution in [0.3, 0.4) is 0 Å². The lowest BCUT2D eigenvalue weighted by Crippen LogP contribution is -2.27. The van der Waals surface area contributed by atoms with E-state index in [4.69, 9.17) is 9.47 Å². The molecule has 0 aliphatic heterocycles. The monoisotopic (exact) mass is 334 g/mol. The number of thiophene rings is 1. The number of hydrogen-bond acceptors (Lipinski definition) is 5. The van der Waals surface area contributed by atoms with Gasteiger partial charge in [-0.3, -0.25) is 9.59 Å². The van der Waals surface area contributed by atoms with Crippen LogP contribution in [0.2, 0.25) is 0 Å².